The monoisotopic (exact) mass is 482 g/mol. The van der Waals surface area contributed by atoms with Gasteiger partial charge >= 0.3 is 0 Å². The smallest absolute Gasteiger partial charge is 0.245 e. The standard InChI is InChI=1S/C27H35ClN4O2/c1-6-13-31(24(15-20-7-8-20)22-11-9-21(10-12-22)17-33-4)27-29-19(3)32(30-27)25-14-18(2)26(34-5)16-23(25)28/h9-12,14,16,20,24H,6-8,13,15,17H2,1-5H3/t24-/m0/s1. The van der Waals surface area contributed by atoms with Crippen LogP contribution in [0.2, 0.25) is 5.02 Å². The zero-order valence-corrected chi connectivity index (χ0v) is 21.6. The van der Waals surface area contributed by atoms with Crippen molar-refractivity contribution in [3.63, 3.8) is 0 Å². The molecule has 1 aliphatic carbocycles. The number of halogens is 1. The Morgan fingerprint density at radius 3 is 2.50 bits per heavy atom. The van der Waals surface area contributed by atoms with Gasteiger partial charge in [-0.2, -0.15) is 4.98 Å². The predicted molar refractivity (Wildman–Crippen MR) is 137 cm³/mol. The van der Waals surface area contributed by atoms with E-state index in [0.717, 1.165) is 54.1 Å². The summed E-state index contributed by atoms with van der Waals surface area (Å²) in [5.74, 6) is 3.09. The third-order valence-electron chi connectivity index (χ3n) is 6.48. The molecule has 7 heteroatoms. The molecule has 1 aliphatic rings. The SMILES string of the molecule is CCCN(c1nc(C)n(-c2cc(C)c(OC)cc2Cl)n1)[C@@H](CC1CC1)c1ccc(COC)cc1. The minimum Gasteiger partial charge on any atom is -0.496 e. The van der Waals surface area contributed by atoms with E-state index in [-0.39, 0.29) is 6.04 Å². The average Bonchev–Trinajstić information content (AvgIpc) is 3.57. The van der Waals surface area contributed by atoms with Gasteiger partial charge in [0, 0.05) is 19.7 Å². The molecule has 0 radical (unpaired) electrons. The van der Waals surface area contributed by atoms with Crippen molar-refractivity contribution in [2.75, 3.05) is 25.7 Å². The van der Waals surface area contributed by atoms with E-state index in [1.54, 1.807) is 14.2 Å². The zero-order valence-electron chi connectivity index (χ0n) is 20.8. The van der Waals surface area contributed by atoms with Crippen molar-refractivity contribution < 1.29 is 9.47 Å². The number of benzene rings is 2. The van der Waals surface area contributed by atoms with Crippen LogP contribution in [-0.4, -0.2) is 35.5 Å². The van der Waals surface area contributed by atoms with E-state index in [1.165, 1.54) is 24.0 Å². The molecule has 0 saturated heterocycles. The first-order valence-electron chi connectivity index (χ1n) is 12.1. The second kappa shape index (κ2) is 10.8. The van der Waals surface area contributed by atoms with Crippen LogP contribution in [0.25, 0.3) is 5.69 Å². The molecule has 182 valence electrons. The fourth-order valence-electron chi connectivity index (χ4n) is 4.51. The average molecular weight is 483 g/mol. The normalized spacial score (nSPS) is 14.3. The molecule has 2 aromatic carbocycles. The second-order valence-electron chi connectivity index (χ2n) is 9.21. The first kappa shape index (κ1) is 24.6. The van der Waals surface area contributed by atoms with Crippen LogP contribution in [0.1, 0.15) is 61.2 Å². The van der Waals surface area contributed by atoms with Crippen molar-refractivity contribution in [3.05, 3.63) is 63.9 Å². The van der Waals surface area contributed by atoms with Gasteiger partial charge in [-0.05, 0) is 55.4 Å². The Labute approximate surface area is 207 Å². The lowest BCUT2D eigenvalue weighted by atomic mass is 9.98. The van der Waals surface area contributed by atoms with Crippen LogP contribution in [0, 0.1) is 19.8 Å². The van der Waals surface area contributed by atoms with Gasteiger partial charge in [-0.3, -0.25) is 0 Å². The van der Waals surface area contributed by atoms with Crippen molar-refractivity contribution in [2.45, 2.75) is 59.1 Å². The third-order valence-corrected chi connectivity index (χ3v) is 6.78. The lowest BCUT2D eigenvalue weighted by molar-refractivity contribution is 0.185. The summed E-state index contributed by atoms with van der Waals surface area (Å²) in [4.78, 5) is 7.28. The summed E-state index contributed by atoms with van der Waals surface area (Å²) in [5, 5.41) is 5.55. The van der Waals surface area contributed by atoms with Gasteiger partial charge in [0.05, 0.1) is 30.5 Å². The Kier molecular flexibility index (Phi) is 7.79. The van der Waals surface area contributed by atoms with Crippen LogP contribution < -0.4 is 9.64 Å². The van der Waals surface area contributed by atoms with E-state index in [4.69, 9.17) is 31.2 Å². The Hall–Kier alpha value is -2.57. The van der Waals surface area contributed by atoms with Crippen LogP contribution in [0.15, 0.2) is 36.4 Å². The molecule has 0 unspecified atom stereocenters. The van der Waals surface area contributed by atoms with E-state index in [9.17, 15) is 0 Å². The van der Waals surface area contributed by atoms with Crippen molar-refractivity contribution in [1.29, 1.82) is 0 Å². The zero-order chi connectivity index (χ0) is 24.2. The molecule has 1 saturated carbocycles. The van der Waals surface area contributed by atoms with Crippen molar-refractivity contribution in [3.8, 4) is 11.4 Å². The number of methoxy groups -OCH3 is 2. The molecule has 4 rings (SSSR count). The Morgan fingerprint density at radius 2 is 1.88 bits per heavy atom. The summed E-state index contributed by atoms with van der Waals surface area (Å²) in [6.45, 7) is 7.70. The maximum atomic E-state index is 6.62. The summed E-state index contributed by atoms with van der Waals surface area (Å²) >= 11 is 6.62. The summed E-state index contributed by atoms with van der Waals surface area (Å²) in [6, 6.07) is 12.9. The van der Waals surface area contributed by atoms with E-state index >= 15 is 0 Å². The highest BCUT2D eigenvalue weighted by atomic mass is 35.5. The first-order chi connectivity index (χ1) is 16.4. The molecule has 3 aromatic rings. The van der Waals surface area contributed by atoms with Crippen LogP contribution in [-0.2, 0) is 11.3 Å². The van der Waals surface area contributed by atoms with Crippen molar-refractivity contribution in [1.82, 2.24) is 14.8 Å². The van der Waals surface area contributed by atoms with Gasteiger partial charge in [-0.1, -0.05) is 55.6 Å². The molecule has 1 fully saturated rings. The second-order valence-corrected chi connectivity index (χ2v) is 9.61. The summed E-state index contributed by atoms with van der Waals surface area (Å²) < 4.78 is 12.6. The number of aromatic nitrogens is 3. The Morgan fingerprint density at radius 1 is 1.15 bits per heavy atom. The molecule has 1 aromatic heterocycles. The Balaban J connectivity index is 1.71. The van der Waals surface area contributed by atoms with Gasteiger partial charge in [0.1, 0.15) is 11.6 Å². The number of aryl methyl sites for hydroxylation is 2. The number of hydrogen-bond donors (Lipinski definition) is 0. The van der Waals surface area contributed by atoms with Gasteiger partial charge < -0.3 is 14.4 Å². The van der Waals surface area contributed by atoms with Gasteiger partial charge in [0.15, 0.2) is 0 Å². The topological polar surface area (TPSA) is 52.4 Å². The predicted octanol–water partition coefficient (Wildman–Crippen LogP) is 6.45. The number of anilines is 1. The quantitative estimate of drug-likeness (QED) is 0.314. The molecule has 1 heterocycles. The van der Waals surface area contributed by atoms with Gasteiger partial charge in [0.2, 0.25) is 5.95 Å². The highest BCUT2D eigenvalue weighted by Gasteiger charge is 2.31. The third kappa shape index (κ3) is 5.39. The van der Waals surface area contributed by atoms with E-state index in [1.807, 2.05) is 30.7 Å². The number of hydrogen-bond acceptors (Lipinski definition) is 5. The van der Waals surface area contributed by atoms with Crippen LogP contribution in [0.5, 0.6) is 5.75 Å². The highest BCUT2D eigenvalue weighted by molar-refractivity contribution is 6.32. The van der Waals surface area contributed by atoms with E-state index < -0.39 is 0 Å². The lowest BCUT2D eigenvalue weighted by Crippen LogP contribution is -2.31. The molecule has 0 amide bonds. The minimum atomic E-state index is 0.229. The van der Waals surface area contributed by atoms with Crippen LogP contribution in [0.4, 0.5) is 5.95 Å². The van der Waals surface area contributed by atoms with Crippen molar-refractivity contribution >= 4 is 17.5 Å². The first-order valence-corrected chi connectivity index (χ1v) is 12.5. The summed E-state index contributed by atoms with van der Waals surface area (Å²) in [6.07, 6.45) is 4.73. The van der Waals surface area contributed by atoms with Gasteiger partial charge in [0.25, 0.3) is 0 Å². The molecule has 34 heavy (non-hydrogen) atoms. The maximum absolute atomic E-state index is 6.62. The molecule has 0 aliphatic heterocycles. The fourth-order valence-corrected chi connectivity index (χ4v) is 4.74. The van der Waals surface area contributed by atoms with Gasteiger partial charge in [-0.25, -0.2) is 4.68 Å². The maximum Gasteiger partial charge on any atom is 0.245 e. The van der Waals surface area contributed by atoms with E-state index in [0.29, 0.717) is 11.6 Å². The molecular formula is C27H35ClN4O2. The molecule has 1 atom stereocenters. The molecule has 0 bridgehead atoms. The van der Waals surface area contributed by atoms with Crippen molar-refractivity contribution in [2.24, 2.45) is 5.92 Å². The molecule has 0 spiro atoms. The molecule has 0 N–H and O–H groups in total. The highest BCUT2D eigenvalue weighted by Crippen LogP contribution is 2.41. The number of ether oxygens (including phenoxy) is 2. The lowest BCUT2D eigenvalue weighted by Gasteiger charge is -2.31. The Bertz CT molecular complexity index is 1110. The molecular weight excluding hydrogens is 448 g/mol. The summed E-state index contributed by atoms with van der Waals surface area (Å²) in [7, 11) is 3.38. The fraction of sp³-hybridized carbons (Fsp3) is 0.481. The van der Waals surface area contributed by atoms with Crippen LogP contribution in [0.3, 0.4) is 0 Å². The number of nitrogens with zero attached hydrogens (tertiary/aromatic N) is 4. The van der Waals surface area contributed by atoms with E-state index in [2.05, 4.69) is 36.1 Å². The van der Waals surface area contributed by atoms with Crippen LogP contribution >= 0.6 is 11.6 Å². The number of rotatable bonds is 11. The largest absolute Gasteiger partial charge is 0.496 e. The molecule has 6 nitrogen and oxygen atoms in total. The summed E-state index contributed by atoms with van der Waals surface area (Å²) in [5.41, 5.74) is 4.30. The van der Waals surface area contributed by atoms with Gasteiger partial charge in [-0.15, -0.1) is 5.10 Å². The minimum absolute atomic E-state index is 0.229.